The Bertz CT molecular complexity index is 984. The van der Waals surface area contributed by atoms with Crippen molar-refractivity contribution in [1.82, 2.24) is 9.97 Å². The number of nitrogens with one attached hydrogen (secondary N) is 1. The number of rotatable bonds is 6. The summed E-state index contributed by atoms with van der Waals surface area (Å²) < 4.78 is 5.08. The zero-order valence-electron chi connectivity index (χ0n) is 15.9. The number of amides is 1. The van der Waals surface area contributed by atoms with Gasteiger partial charge in [-0.1, -0.05) is 24.3 Å². The van der Waals surface area contributed by atoms with Crippen LogP contribution < -0.4 is 10.2 Å². The first kappa shape index (κ1) is 18.6. The third-order valence-corrected chi connectivity index (χ3v) is 5.87. The standard InChI is InChI=1S/C21H22N4O2S/c1-25(11-12-27-2)18-10-8-15(13-22-18)20(26)24-21-23-19-16-6-4-3-5-14(16)7-9-17(19)28-21/h3-6,8,10,13H,7,9,11-12H2,1-2H3,(H,23,24,26). The zero-order valence-corrected chi connectivity index (χ0v) is 16.8. The molecule has 2 aromatic heterocycles. The molecule has 0 bridgehead atoms. The number of pyridine rings is 1. The number of ether oxygens (including phenoxy) is 1. The Hall–Kier alpha value is -2.77. The third-order valence-electron chi connectivity index (χ3n) is 4.84. The number of methoxy groups -OCH3 is 1. The van der Waals surface area contributed by atoms with Crippen molar-refractivity contribution in [3.63, 3.8) is 0 Å². The Labute approximate surface area is 168 Å². The average Bonchev–Trinajstić information content (AvgIpc) is 3.15. The van der Waals surface area contributed by atoms with E-state index in [1.165, 1.54) is 16.0 Å². The lowest BCUT2D eigenvalue weighted by Crippen LogP contribution is -2.23. The fourth-order valence-corrected chi connectivity index (χ4v) is 4.23. The first-order chi connectivity index (χ1) is 13.7. The Balaban J connectivity index is 1.47. The highest BCUT2D eigenvalue weighted by molar-refractivity contribution is 7.16. The van der Waals surface area contributed by atoms with Gasteiger partial charge in [0, 0.05) is 37.3 Å². The van der Waals surface area contributed by atoms with Gasteiger partial charge in [-0.05, 0) is 30.5 Å². The number of likely N-dealkylation sites (N-methyl/N-ethyl adjacent to an activating group) is 1. The number of carbonyl (C=O) groups is 1. The van der Waals surface area contributed by atoms with Gasteiger partial charge in [0.15, 0.2) is 5.13 Å². The van der Waals surface area contributed by atoms with E-state index < -0.39 is 0 Å². The number of nitrogens with zero attached hydrogens (tertiary/aromatic N) is 3. The predicted octanol–water partition coefficient (Wildman–Crippen LogP) is 3.64. The van der Waals surface area contributed by atoms with E-state index >= 15 is 0 Å². The van der Waals surface area contributed by atoms with Crippen LogP contribution in [0.15, 0.2) is 42.6 Å². The maximum absolute atomic E-state index is 12.6. The first-order valence-electron chi connectivity index (χ1n) is 9.21. The van der Waals surface area contributed by atoms with E-state index in [1.807, 2.05) is 24.1 Å². The van der Waals surface area contributed by atoms with Gasteiger partial charge in [0.2, 0.25) is 0 Å². The van der Waals surface area contributed by atoms with Crippen molar-refractivity contribution in [2.75, 3.05) is 37.5 Å². The lowest BCUT2D eigenvalue weighted by molar-refractivity contribution is 0.102. The van der Waals surface area contributed by atoms with Crippen molar-refractivity contribution in [2.45, 2.75) is 12.8 Å². The average molecular weight is 395 g/mol. The summed E-state index contributed by atoms with van der Waals surface area (Å²) in [6.07, 6.45) is 3.57. The van der Waals surface area contributed by atoms with Gasteiger partial charge >= 0.3 is 0 Å². The molecule has 6 nitrogen and oxygen atoms in total. The molecule has 4 rings (SSSR count). The number of thiazole rings is 1. The fraction of sp³-hybridized carbons (Fsp3) is 0.286. The number of fused-ring (bicyclic) bond motifs is 3. The van der Waals surface area contributed by atoms with Crippen molar-refractivity contribution in [2.24, 2.45) is 0 Å². The summed E-state index contributed by atoms with van der Waals surface area (Å²) in [5.41, 5.74) is 3.99. The molecule has 1 aliphatic rings. The third kappa shape index (κ3) is 3.76. The van der Waals surface area contributed by atoms with Crippen molar-refractivity contribution >= 4 is 28.2 Å². The Morgan fingerprint density at radius 3 is 2.89 bits per heavy atom. The van der Waals surface area contributed by atoms with E-state index in [0.29, 0.717) is 17.3 Å². The Morgan fingerprint density at radius 2 is 2.11 bits per heavy atom. The molecule has 0 fully saturated rings. The minimum Gasteiger partial charge on any atom is -0.383 e. The molecule has 7 heteroatoms. The summed E-state index contributed by atoms with van der Waals surface area (Å²) in [7, 11) is 3.61. The second-order valence-electron chi connectivity index (χ2n) is 6.72. The zero-order chi connectivity index (χ0) is 19.5. The maximum atomic E-state index is 12.6. The van der Waals surface area contributed by atoms with Gasteiger partial charge in [-0.15, -0.1) is 11.3 Å². The minimum atomic E-state index is -0.196. The van der Waals surface area contributed by atoms with E-state index in [-0.39, 0.29) is 5.91 Å². The molecule has 28 heavy (non-hydrogen) atoms. The molecular formula is C21H22N4O2S. The highest BCUT2D eigenvalue weighted by atomic mass is 32.1. The summed E-state index contributed by atoms with van der Waals surface area (Å²) in [5, 5.41) is 3.56. The van der Waals surface area contributed by atoms with Crippen molar-refractivity contribution in [3.8, 4) is 11.3 Å². The van der Waals surface area contributed by atoms with Crippen LogP contribution >= 0.6 is 11.3 Å². The van der Waals surface area contributed by atoms with E-state index in [4.69, 9.17) is 4.74 Å². The summed E-state index contributed by atoms with van der Waals surface area (Å²) in [4.78, 5) is 24.9. The van der Waals surface area contributed by atoms with Crippen molar-refractivity contribution in [1.29, 1.82) is 0 Å². The predicted molar refractivity (Wildman–Crippen MR) is 112 cm³/mol. The topological polar surface area (TPSA) is 67.3 Å². The SMILES string of the molecule is COCCN(C)c1ccc(C(=O)Nc2nc3c(s2)CCc2ccccc2-3)cn1. The molecule has 1 N–H and O–H groups in total. The molecule has 0 radical (unpaired) electrons. The van der Waals surface area contributed by atoms with Gasteiger partial charge in [0.1, 0.15) is 5.82 Å². The van der Waals surface area contributed by atoms with Crippen LogP contribution in [0.25, 0.3) is 11.3 Å². The van der Waals surface area contributed by atoms with Gasteiger partial charge in [0.05, 0.1) is 17.9 Å². The van der Waals surface area contributed by atoms with E-state index in [0.717, 1.165) is 30.9 Å². The van der Waals surface area contributed by atoms with Gasteiger partial charge in [-0.2, -0.15) is 0 Å². The number of hydrogen-bond acceptors (Lipinski definition) is 6. The second-order valence-corrected chi connectivity index (χ2v) is 7.81. The normalized spacial score (nSPS) is 12.2. The first-order valence-corrected chi connectivity index (χ1v) is 10.0. The molecule has 0 saturated heterocycles. The lowest BCUT2D eigenvalue weighted by Gasteiger charge is -2.17. The van der Waals surface area contributed by atoms with E-state index in [2.05, 4.69) is 33.5 Å². The molecular weight excluding hydrogens is 372 g/mol. The minimum absolute atomic E-state index is 0.196. The molecule has 0 unspecified atom stereocenters. The monoisotopic (exact) mass is 394 g/mol. The largest absolute Gasteiger partial charge is 0.383 e. The van der Waals surface area contributed by atoms with Crippen LogP contribution in [0.2, 0.25) is 0 Å². The van der Waals surface area contributed by atoms with Crippen LogP contribution in [0.4, 0.5) is 10.9 Å². The molecule has 144 valence electrons. The van der Waals surface area contributed by atoms with Crippen molar-refractivity contribution in [3.05, 3.63) is 58.6 Å². The quantitative estimate of drug-likeness (QED) is 0.691. The number of carbonyl (C=O) groups excluding carboxylic acids is 1. The van der Waals surface area contributed by atoms with Crippen LogP contribution in [0.5, 0.6) is 0 Å². The van der Waals surface area contributed by atoms with Crippen LogP contribution in [-0.4, -0.2) is 43.2 Å². The van der Waals surface area contributed by atoms with E-state index in [9.17, 15) is 4.79 Å². The number of aryl methyl sites for hydroxylation is 2. The van der Waals surface area contributed by atoms with Gasteiger partial charge in [-0.25, -0.2) is 9.97 Å². The highest BCUT2D eigenvalue weighted by Crippen LogP contribution is 2.38. The maximum Gasteiger partial charge on any atom is 0.259 e. The summed E-state index contributed by atoms with van der Waals surface area (Å²) in [5.74, 6) is 0.605. The van der Waals surface area contributed by atoms with Gasteiger partial charge in [-0.3, -0.25) is 10.1 Å². The number of anilines is 2. The Kier molecular flexibility index (Phi) is 5.36. The molecule has 0 aliphatic heterocycles. The summed E-state index contributed by atoms with van der Waals surface area (Å²) in [6, 6.07) is 12.0. The summed E-state index contributed by atoms with van der Waals surface area (Å²) >= 11 is 1.55. The van der Waals surface area contributed by atoms with Crippen LogP contribution in [0.3, 0.4) is 0 Å². The molecule has 0 spiro atoms. The molecule has 2 heterocycles. The van der Waals surface area contributed by atoms with Gasteiger partial charge < -0.3 is 9.64 Å². The lowest BCUT2D eigenvalue weighted by atomic mass is 9.94. The Morgan fingerprint density at radius 1 is 1.25 bits per heavy atom. The second kappa shape index (κ2) is 8.08. The van der Waals surface area contributed by atoms with Crippen LogP contribution in [-0.2, 0) is 17.6 Å². The van der Waals surface area contributed by atoms with Crippen LogP contribution in [0.1, 0.15) is 20.8 Å². The molecule has 0 atom stereocenters. The highest BCUT2D eigenvalue weighted by Gasteiger charge is 2.21. The van der Waals surface area contributed by atoms with Gasteiger partial charge in [0.25, 0.3) is 5.91 Å². The number of benzene rings is 1. The van der Waals surface area contributed by atoms with E-state index in [1.54, 1.807) is 30.7 Å². The number of aromatic nitrogens is 2. The van der Waals surface area contributed by atoms with Crippen molar-refractivity contribution < 1.29 is 9.53 Å². The molecule has 3 aromatic rings. The molecule has 1 aromatic carbocycles. The molecule has 0 saturated carbocycles. The number of hydrogen-bond donors (Lipinski definition) is 1. The van der Waals surface area contributed by atoms with Crippen LogP contribution in [0, 0.1) is 0 Å². The fourth-order valence-electron chi connectivity index (χ4n) is 3.26. The molecule has 1 amide bonds. The molecule has 1 aliphatic carbocycles. The smallest absolute Gasteiger partial charge is 0.259 e. The summed E-state index contributed by atoms with van der Waals surface area (Å²) in [6.45, 7) is 1.36.